The first-order valence-corrected chi connectivity index (χ1v) is 4.64. The van der Waals surface area contributed by atoms with Crippen molar-refractivity contribution >= 4 is 17.8 Å². The average Bonchev–Trinajstić information content (AvgIpc) is 2.54. The maximum Gasteiger partial charge on any atom is 0.333 e. The van der Waals surface area contributed by atoms with Gasteiger partial charge in [-0.1, -0.05) is 6.08 Å². The fourth-order valence-corrected chi connectivity index (χ4v) is 1.30. The van der Waals surface area contributed by atoms with Gasteiger partial charge in [-0.3, -0.25) is 14.5 Å². The second-order valence-corrected chi connectivity index (χ2v) is 3.28. The quantitative estimate of drug-likeness (QED) is 0.381. The van der Waals surface area contributed by atoms with Crippen LogP contribution >= 0.6 is 0 Å². The Labute approximate surface area is 87.7 Å². The van der Waals surface area contributed by atoms with Crippen molar-refractivity contribution in [1.82, 2.24) is 4.90 Å². The van der Waals surface area contributed by atoms with E-state index in [0.717, 1.165) is 4.90 Å². The molecule has 0 atom stereocenters. The van der Waals surface area contributed by atoms with Gasteiger partial charge < -0.3 is 4.74 Å². The van der Waals surface area contributed by atoms with Crippen LogP contribution in [-0.2, 0) is 19.1 Å². The van der Waals surface area contributed by atoms with Crippen LogP contribution in [0.3, 0.4) is 0 Å². The van der Waals surface area contributed by atoms with Crippen LogP contribution < -0.4 is 0 Å². The molecule has 1 saturated heterocycles. The van der Waals surface area contributed by atoms with Crippen LogP contribution in [0.15, 0.2) is 11.6 Å². The third-order valence-electron chi connectivity index (χ3n) is 2.24. The molecule has 1 rings (SSSR count). The second-order valence-electron chi connectivity index (χ2n) is 3.28. The Morgan fingerprint density at radius 3 is 2.40 bits per heavy atom. The monoisotopic (exact) mass is 211 g/mol. The third kappa shape index (κ3) is 2.65. The van der Waals surface area contributed by atoms with E-state index in [2.05, 4.69) is 4.74 Å². The maximum atomic E-state index is 11.2. The normalized spacial score (nSPS) is 17.2. The fourth-order valence-electron chi connectivity index (χ4n) is 1.30. The minimum Gasteiger partial charge on any atom is -0.466 e. The molecule has 0 spiro atoms. The molecule has 0 N–H and O–H groups in total. The summed E-state index contributed by atoms with van der Waals surface area (Å²) in [6, 6.07) is 0. The van der Waals surface area contributed by atoms with Crippen molar-refractivity contribution in [2.24, 2.45) is 0 Å². The van der Waals surface area contributed by atoms with Gasteiger partial charge in [0.05, 0.1) is 7.11 Å². The van der Waals surface area contributed by atoms with Crippen LogP contribution in [0.2, 0.25) is 0 Å². The lowest BCUT2D eigenvalue weighted by Crippen LogP contribution is -2.29. The molecule has 0 aromatic heterocycles. The summed E-state index contributed by atoms with van der Waals surface area (Å²) in [7, 11) is 1.28. The predicted octanol–water partition coefficient (Wildman–Crippen LogP) is 0.255. The largest absolute Gasteiger partial charge is 0.466 e. The standard InChI is InChI=1S/C10H13NO4/c1-7(10(14)15-2)5-6-11-8(12)3-4-9(11)13/h5H,3-4,6H2,1-2H3. The summed E-state index contributed by atoms with van der Waals surface area (Å²) in [4.78, 5) is 34.5. The van der Waals surface area contributed by atoms with Crippen LogP contribution in [0.4, 0.5) is 0 Å². The summed E-state index contributed by atoms with van der Waals surface area (Å²) in [6.45, 7) is 1.73. The van der Waals surface area contributed by atoms with E-state index in [-0.39, 0.29) is 31.2 Å². The molecule has 15 heavy (non-hydrogen) atoms. The van der Waals surface area contributed by atoms with Gasteiger partial charge in [-0.15, -0.1) is 0 Å². The van der Waals surface area contributed by atoms with Crippen LogP contribution in [0, 0.1) is 0 Å². The highest BCUT2D eigenvalue weighted by molar-refractivity contribution is 6.02. The number of methoxy groups -OCH3 is 1. The number of likely N-dealkylation sites (tertiary alicyclic amines) is 1. The molecular formula is C10H13NO4. The van der Waals surface area contributed by atoms with Gasteiger partial charge >= 0.3 is 5.97 Å². The van der Waals surface area contributed by atoms with Gasteiger partial charge in [0, 0.05) is 25.0 Å². The van der Waals surface area contributed by atoms with Gasteiger partial charge in [0.15, 0.2) is 0 Å². The van der Waals surface area contributed by atoms with Gasteiger partial charge in [-0.2, -0.15) is 0 Å². The molecular weight excluding hydrogens is 198 g/mol. The Morgan fingerprint density at radius 1 is 1.40 bits per heavy atom. The number of amides is 2. The van der Waals surface area contributed by atoms with Crippen molar-refractivity contribution in [3.63, 3.8) is 0 Å². The predicted molar refractivity (Wildman–Crippen MR) is 51.7 cm³/mol. The van der Waals surface area contributed by atoms with Crippen molar-refractivity contribution in [2.75, 3.05) is 13.7 Å². The Kier molecular flexibility index (Phi) is 3.60. The highest BCUT2D eigenvalue weighted by Gasteiger charge is 2.27. The lowest BCUT2D eigenvalue weighted by atomic mass is 10.3. The van der Waals surface area contributed by atoms with Crippen LogP contribution in [0.1, 0.15) is 19.8 Å². The van der Waals surface area contributed by atoms with E-state index in [4.69, 9.17) is 0 Å². The molecule has 5 heteroatoms. The molecule has 5 nitrogen and oxygen atoms in total. The highest BCUT2D eigenvalue weighted by Crippen LogP contribution is 2.11. The Balaban J connectivity index is 2.59. The molecule has 0 radical (unpaired) electrons. The smallest absolute Gasteiger partial charge is 0.333 e. The number of rotatable bonds is 3. The van der Waals surface area contributed by atoms with Crippen molar-refractivity contribution in [3.8, 4) is 0 Å². The van der Waals surface area contributed by atoms with Gasteiger partial charge in [0.2, 0.25) is 11.8 Å². The van der Waals surface area contributed by atoms with Gasteiger partial charge in [0.1, 0.15) is 0 Å². The van der Waals surface area contributed by atoms with E-state index >= 15 is 0 Å². The molecule has 0 aliphatic carbocycles. The fraction of sp³-hybridized carbons (Fsp3) is 0.500. The van der Waals surface area contributed by atoms with E-state index in [0.29, 0.717) is 5.57 Å². The topological polar surface area (TPSA) is 63.7 Å². The molecule has 0 unspecified atom stereocenters. The molecule has 2 amide bonds. The van der Waals surface area contributed by atoms with E-state index in [1.165, 1.54) is 13.2 Å². The summed E-state index contributed by atoms with van der Waals surface area (Å²) in [5.41, 5.74) is 0.394. The molecule has 1 aliphatic heterocycles. The number of esters is 1. The Bertz CT molecular complexity index is 316. The summed E-state index contributed by atoms with van der Waals surface area (Å²) >= 11 is 0. The van der Waals surface area contributed by atoms with E-state index < -0.39 is 5.97 Å². The zero-order chi connectivity index (χ0) is 11.4. The molecule has 82 valence electrons. The summed E-state index contributed by atoms with van der Waals surface area (Å²) < 4.78 is 4.49. The van der Waals surface area contributed by atoms with Crippen molar-refractivity contribution in [1.29, 1.82) is 0 Å². The number of carbonyl (C=O) groups is 3. The van der Waals surface area contributed by atoms with Crippen molar-refractivity contribution in [3.05, 3.63) is 11.6 Å². The minimum absolute atomic E-state index is 0.151. The maximum absolute atomic E-state index is 11.2. The van der Waals surface area contributed by atoms with Gasteiger partial charge in [0.25, 0.3) is 0 Å². The number of nitrogens with zero attached hydrogens (tertiary/aromatic N) is 1. The van der Waals surface area contributed by atoms with Crippen molar-refractivity contribution in [2.45, 2.75) is 19.8 Å². The van der Waals surface area contributed by atoms with E-state index in [1.54, 1.807) is 6.92 Å². The molecule has 0 aromatic rings. The zero-order valence-corrected chi connectivity index (χ0v) is 8.78. The van der Waals surface area contributed by atoms with E-state index in [9.17, 15) is 14.4 Å². The number of carbonyl (C=O) groups excluding carboxylic acids is 3. The molecule has 0 bridgehead atoms. The van der Waals surface area contributed by atoms with Crippen LogP contribution in [-0.4, -0.2) is 36.3 Å². The number of imide groups is 1. The van der Waals surface area contributed by atoms with Gasteiger partial charge in [-0.25, -0.2) is 4.79 Å². The van der Waals surface area contributed by atoms with E-state index in [1.807, 2.05) is 0 Å². The summed E-state index contributed by atoms with van der Waals surface area (Å²) in [5.74, 6) is -0.822. The van der Waals surface area contributed by atoms with Gasteiger partial charge in [-0.05, 0) is 6.92 Å². The second kappa shape index (κ2) is 4.72. The first-order valence-electron chi connectivity index (χ1n) is 4.64. The van der Waals surface area contributed by atoms with Crippen LogP contribution in [0.25, 0.3) is 0 Å². The summed E-state index contributed by atoms with van der Waals surface area (Å²) in [5, 5.41) is 0. The first-order chi connectivity index (χ1) is 7.06. The zero-order valence-electron chi connectivity index (χ0n) is 8.78. The number of ether oxygens (including phenoxy) is 1. The molecule has 1 aliphatic rings. The summed E-state index contributed by atoms with van der Waals surface area (Å²) in [6.07, 6.45) is 2.06. The molecule has 1 heterocycles. The molecule has 0 aromatic carbocycles. The minimum atomic E-state index is -0.450. The number of hydrogen-bond donors (Lipinski definition) is 0. The third-order valence-corrected chi connectivity index (χ3v) is 2.24. The molecule has 0 saturated carbocycles. The van der Waals surface area contributed by atoms with Crippen LogP contribution in [0.5, 0.6) is 0 Å². The lowest BCUT2D eigenvalue weighted by Gasteiger charge is -2.10. The van der Waals surface area contributed by atoms with Crippen molar-refractivity contribution < 1.29 is 19.1 Å². The number of hydrogen-bond acceptors (Lipinski definition) is 4. The lowest BCUT2D eigenvalue weighted by molar-refractivity contribution is -0.138. The highest BCUT2D eigenvalue weighted by atomic mass is 16.5. The Morgan fingerprint density at radius 2 is 1.93 bits per heavy atom. The molecule has 1 fully saturated rings. The SMILES string of the molecule is COC(=O)C(C)=CCN1C(=O)CCC1=O. The average molecular weight is 211 g/mol. The Hall–Kier alpha value is -1.65. The first kappa shape index (κ1) is 11.4.